The molecule has 0 atom stereocenters. The van der Waals surface area contributed by atoms with Crippen LogP contribution in [0.1, 0.15) is 27.7 Å². The van der Waals surface area contributed by atoms with Gasteiger partial charge in [-0.3, -0.25) is 4.79 Å². The standard InChI is InChI=1S/C22H20N2O2S2/c1-4-26-16-11-9-15(10-12-16)20(25)24-22-19(13(2)14(3)27-22)21-23-17-7-5-6-8-18(17)28-21/h5-12H,4H2,1-3H3,(H,24,25). The van der Waals surface area contributed by atoms with E-state index in [2.05, 4.69) is 25.2 Å². The quantitative estimate of drug-likeness (QED) is 0.422. The van der Waals surface area contributed by atoms with Crippen molar-refractivity contribution in [3.05, 3.63) is 64.5 Å². The van der Waals surface area contributed by atoms with Crippen LogP contribution in [0.4, 0.5) is 5.00 Å². The molecule has 0 saturated carbocycles. The minimum atomic E-state index is -0.133. The molecule has 0 aliphatic rings. The lowest BCUT2D eigenvalue weighted by atomic mass is 10.1. The Morgan fingerprint density at radius 1 is 1.07 bits per heavy atom. The Kier molecular flexibility index (Phi) is 5.15. The normalized spacial score (nSPS) is 11.0. The number of aryl methyl sites for hydroxylation is 1. The van der Waals surface area contributed by atoms with Crippen LogP contribution in [0, 0.1) is 13.8 Å². The van der Waals surface area contributed by atoms with E-state index in [1.165, 1.54) is 4.88 Å². The van der Waals surface area contributed by atoms with Crippen LogP contribution in [0.5, 0.6) is 5.75 Å². The molecule has 0 radical (unpaired) electrons. The molecular formula is C22H20N2O2S2. The van der Waals surface area contributed by atoms with E-state index >= 15 is 0 Å². The van der Waals surface area contributed by atoms with Crippen LogP contribution in [-0.4, -0.2) is 17.5 Å². The summed E-state index contributed by atoms with van der Waals surface area (Å²) in [4.78, 5) is 18.8. The first kappa shape index (κ1) is 18.7. The second-order valence-corrected chi connectivity index (χ2v) is 8.64. The Balaban J connectivity index is 1.66. The summed E-state index contributed by atoms with van der Waals surface area (Å²) in [5.41, 5.74) is 3.76. The molecule has 28 heavy (non-hydrogen) atoms. The molecule has 0 spiro atoms. The summed E-state index contributed by atoms with van der Waals surface area (Å²) in [6.45, 7) is 6.69. The number of hydrogen-bond acceptors (Lipinski definition) is 5. The van der Waals surface area contributed by atoms with Gasteiger partial charge in [0, 0.05) is 16.0 Å². The van der Waals surface area contributed by atoms with Crippen LogP contribution in [0.3, 0.4) is 0 Å². The fraction of sp³-hybridized carbons (Fsp3) is 0.182. The van der Waals surface area contributed by atoms with E-state index in [1.54, 1.807) is 34.8 Å². The molecular weight excluding hydrogens is 388 g/mol. The molecule has 2 aromatic carbocycles. The van der Waals surface area contributed by atoms with Gasteiger partial charge in [-0.2, -0.15) is 0 Å². The largest absolute Gasteiger partial charge is 0.494 e. The third-order valence-corrected chi connectivity index (χ3v) is 6.72. The van der Waals surface area contributed by atoms with E-state index in [4.69, 9.17) is 9.72 Å². The maximum Gasteiger partial charge on any atom is 0.256 e. The topological polar surface area (TPSA) is 51.2 Å². The molecule has 6 heteroatoms. The summed E-state index contributed by atoms with van der Waals surface area (Å²) >= 11 is 3.24. The van der Waals surface area contributed by atoms with Gasteiger partial charge in [0.05, 0.1) is 16.8 Å². The summed E-state index contributed by atoms with van der Waals surface area (Å²) in [5.74, 6) is 0.628. The highest BCUT2D eigenvalue weighted by Gasteiger charge is 2.20. The Labute approximate surface area is 171 Å². The number of nitrogens with one attached hydrogen (secondary N) is 1. The predicted molar refractivity (Wildman–Crippen MR) is 118 cm³/mol. The van der Waals surface area contributed by atoms with Crippen molar-refractivity contribution in [3.8, 4) is 16.3 Å². The van der Waals surface area contributed by atoms with Gasteiger partial charge in [-0.05, 0) is 62.7 Å². The van der Waals surface area contributed by atoms with E-state index in [9.17, 15) is 4.79 Å². The Bertz CT molecular complexity index is 1110. The van der Waals surface area contributed by atoms with Gasteiger partial charge < -0.3 is 10.1 Å². The minimum Gasteiger partial charge on any atom is -0.494 e. The highest BCUT2D eigenvalue weighted by Crippen LogP contribution is 2.43. The maximum absolute atomic E-state index is 12.8. The van der Waals surface area contributed by atoms with Crippen LogP contribution in [0.15, 0.2) is 48.5 Å². The van der Waals surface area contributed by atoms with Gasteiger partial charge in [-0.25, -0.2) is 4.98 Å². The van der Waals surface area contributed by atoms with Crippen molar-refractivity contribution in [1.29, 1.82) is 0 Å². The van der Waals surface area contributed by atoms with Gasteiger partial charge in [0.2, 0.25) is 0 Å². The molecule has 4 rings (SSSR count). The second kappa shape index (κ2) is 7.73. The monoisotopic (exact) mass is 408 g/mol. The van der Waals surface area contributed by atoms with Crippen LogP contribution in [0.2, 0.25) is 0 Å². The van der Waals surface area contributed by atoms with Crippen LogP contribution < -0.4 is 10.1 Å². The molecule has 2 heterocycles. The van der Waals surface area contributed by atoms with Crippen molar-refractivity contribution in [3.63, 3.8) is 0 Å². The third kappa shape index (κ3) is 3.53. The van der Waals surface area contributed by atoms with E-state index < -0.39 is 0 Å². The van der Waals surface area contributed by atoms with Gasteiger partial charge in [-0.15, -0.1) is 22.7 Å². The number of carbonyl (C=O) groups is 1. The number of hydrogen-bond donors (Lipinski definition) is 1. The average molecular weight is 409 g/mol. The Hall–Kier alpha value is -2.70. The third-order valence-electron chi connectivity index (χ3n) is 4.55. The molecule has 0 unspecified atom stereocenters. The number of ether oxygens (including phenoxy) is 1. The molecule has 4 aromatic rings. The highest BCUT2D eigenvalue weighted by molar-refractivity contribution is 7.22. The van der Waals surface area contributed by atoms with Gasteiger partial charge in [0.25, 0.3) is 5.91 Å². The van der Waals surface area contributed by atoms with E-state index in [1.807, 2.05) is 37.3 Å². The number of aromatic nitrogens is 1. The van der Waals surface area contributed by atoms with Gasteiger partial charge in [-0.1, -0.05) is 12.1 Å². The van der Waals surface area contributed by atoms with Gasteiger partial charge in [0.1, 0.15) is 15.8 Å². The smallest absolute Gasteiger partial charge is 0.256 e. The van der Waals surface area contributed by atoms with Crippen molar-refractivity contribution in [1.82, 2.24) is 4.98 Å². The van der Waals surface area contributed by atoms with Crippen molar-refractivity contribution >= 4 is 43.8 Å². The molecule has 0 bridgehead atoms. The van der Waals surface area contributed by atoms with E-state index in [0.29, 0.717) is 12.2 Å². The molecule has 4 nitrogen and oxygen atoms in total. The van der Waals surface area contributed by atoms with Crippen molar-refractivity contribution in [2.45, 2.75) is 20.8 Å². The zero-order chi connectivity index (χ0) is 19.7. The minimum absolute atomic E-state index is 0.133. The van der Waals surface area contributed by atoms with Crippen LogP contribution >= 0.6 is 22.7 Å². The van der Waals surface area contributed by atoms with Gasteiger partial charge in [0.15, 0.2) is 0 Å². The molecule has 0 aliphatic carbocycles. The number of thiazole rings is 1. The first-order chi connectivity index (χ1) is 13.6. The average Bonchev–Trinajstić information content (AvgIpc) is 3.23. The SMILES string of the molecule is CCOc1ccc(C(=O)Nc2sc(C)c(C)c2-c2nc3ccccc3s2)cc1. The lowest BCUT2D eigenvalue weighted by molar-refractivity contribution is 0.102. The number of para-hydroxylation sites is 1. The van der Waals surface area contributed by atoms with Crippen molar-refractivity contribution < 1.29 is 9.53 Å². The van der Waals surface area contributed by atoms with Crippen LogP contribution in [0.25, 0.3) is 20.8 Å². The van der Waals surface area contributed by atoms with Crippen LogP contribution in [-0.2, 0) is 0 Å². The van der Waals surface area contributed by atoms with Crippen molar-refractivity contribution in [2.24, 2.45) is 0 Å². The summed E-state index contributed by atoms with van der Waals surface area (Å²) in [7, 11) is 0. The molecule has 2 aromatic heterocycles. The van der Waals surface area contributed by atoms with E-state index in [-0.39, 0.29) is 5.91 Å². The molecule has 1 amide bonds. The maximum atomic E-state index is 12.8. The Morgan fingerprint density at radius 2 is 1.82 bits per heavy atom. The fourth-order valence-corrected chi connectivity index (χ4v) is 5.19. The molecule has 0 aliphatic heterocycles. The number of nitrogens with zero attached hydrogens (tertiary/aromatic N) is 1. The number of fused-ring (bicyclic) bond motifs is 1. The van der Waals surface area contributed by atoms with Gasteiger partial charge >= 0.3 is 0 Å². The molecule has 1 N–H and O–H groups in total. The number of thiophene rings is 1. The molecule has 142 valence electrons. The number of amides is 1. The molecule has 0 saturated heterocycles. The summed E-state index contributed by atoms with van der Waals surface area (Å²) in [6, 6.07) is 15.3. The molecule has 0 fully saturated rings. The van der Waals surface area contributed by atoms with Crippen molar-refractivity contribution in [2.75, 3.05) is 11.9 Å². The first-order valence-corrected chi connectivity index (χ1v) is 10.7. The lowest BCUT2D eigenvalue weighted by Crippen LogP contribution is -2.11. The summed E-state index contributed by atoms with van der Waals surface area (Å²) in [5, 5.41) is 4.86. The number of carbonyl (C=O) groups excluding carboxylic acids is 1. The number of benzene rings is 2. The summed E-state index contributed by atoms with van der Waals surface area (Å²) < 4.78 is 6.59. The summed E-state index contributed by atoms with van der Waals surface area (Å²) in [6.07, 6.45) is 0. The highest BCUT2D eigenvalue weighted by atomic mass is 32.1. The lowest BCUT2D eigenvalue weighted by Gasteiger charge is -2.07. The first-order valence-electron chi connectivity index (χ1n) is 9.07. The number of anilines is 1. The number of rotatable bonds is 5. The zero-order valence-corrected chi connectivity index (χ0v) is 17.5. The fourth-order valence-electron chi connectivity index (χ4n) is 3.00. The van der Waals surface area contributed by atoms with E-state index in [0.717, 1.165) is 37.1 Å². The zero-order valence-electron chi connectivity index (χ0n) is 15.9. The second-order valence-electron chi connectivity index (χ2n) is 6.39. The Morgan fingerprint density at radius 3 is 2.54 bits per heavy atom. The predicted octanol–water partition coefficient (Wildman–Crippen LogP) is 6.29.